The molecule has 0 saturated carbocycles. The first-order valence-corrected chi connectivity index (χ1v) is 10.0. The summed E-state index contributed by atoms with van der Waals surface area (Å²) in [5.41, 5.74) is 2.90. The standard InChI is InChI=1S/C23H24FN3O4/c1-13-4-5-14-10-15(24)6-9-19(14)27(13)12-20(28)26-21-17-8-7-16(30-2)11-18(17)25-22(21)23(29)31-3/h6-11,13,25H,4-5,12H2,1-3H3,(H,26,28). The van der Waals surface area contributed by atoms with Crippen molar-refractivity contribution >= 4 is 34.2 Å². The first-order chi connectivity index (χ1) is 14.9. The molecular formula is C23H24FN3O4. The van der Waals surface area contributed by atoms with E-state index in [0.29, 0.717) is 22.3 Å². The number of ether oxygens (including phenoxy) is 2. The molecule has 8 heteroatoms. The zero-order valence-electron chi connectivity index (χ0n) is 17.6. The molecule has 2 heterocycles. The molecule has 0 fully saturated rings. The van der Waals surface area contributed by atoms with Gasteiger partial charge in [-0.15, -0.1) is 0 Å². The Balaban J connectivity index is 1.64. The van der Waals surface area contributed by atoms with Crippen LogP contribution in [0.3, 0.4) is 0 Å². The number of aryl methyl sites for hydroxylation is 1. The first kappa shape index (κ1) is 20.7. The lowest BCUT2D eigenvalue weighted by molar-refractivity contribution is -0.115. The number of esters is 1. The molecule has 1 aliphatic rings. The highest BCUT2D eigenvalue weighted by Crippen LogP contribution is 2.33. The summed E-state index contributed by atoms with van der Waals surface area (Å²) in [6.07, 6.45) is 1.59. The number of hydrogen-bond donors (Lipinski definition) is 2. The summed E-state index contributed by atoms with van der Waals surface area (Å²) in [4.78, 5) is 30.3. The number of halogens is 1. The number of methoxy groups -OCH3 is 2. The highest BCUT2D eigenvalue weighted by atomic mass is 19.1. The molecule has 1 aliphatic heterocycles. The molecule has 2 N–H and O–H groups in total. The normalized spacial score (nSPS) is 15.5. The molecule has 0 saturated heterocycles. The summed E-state index contributed by atoms with van der Waals surface area (Å²) in [6.45, 7) is 2.11. The number of rotatable bonds is 5. The average Bonchev–Trinajstić information content (AvgIpc) is 3.12. The van der Waals surface area contributed by atoms with Crippen LogP contribution in [0.5, 0.6) is 5.75 Å². The number of amides is 1. The van der Waals surface area contributed by atoms with Crippen molar-refractivity contribution in [3.8, 4) is 5.75 Å². The molecule has 2 aromatic carbocycles. The van der Waals surface area contributed by atoms with Gasteiger partial charge < -0.3 is 24.7 Å². The Labute approximate surface area is 179 Å². The predicted molar refractivity (Wildman–Crippen MR) is 116 cm³/mol. The fourth-order valence-corrected chi connectivity index (χ4v) is 4.06. The maximum absolute atomic E-state index is 13.6. The maximum Gasteiger partial charge on any atom is 0.356 e. The van der Waals surface area contributed by atoms with Crippen LogP contribution in [-0.4, -0.2) is 43.7 Å². The fourth-order valence-electron chi connectivity index (χ4n) is 4.06. The minimum absolute atomic E-state index is 0.0727. The smallest absolute Gasteiger partial charge is 0.356 e. The third-order valence-electron chi connectivity index (χ3n) is 5.69. The third kappa shape index (κ3) is 3.93. The number of H-pyrrole nitrogens is 1. The van der Waals surface area contributed by atoms with E-state index in [0.717, 1.165) is 24.1 Å². The van der Waals surface area contributed by atoms with Gasteiger partial charge in [-0.25, -0.2) is 9.18 Å². The fraction of sp³-hybridized carbons (Fsp3) is 0.304. The molecule has 1 amide bonds. The number of benzene rings is 2. The van der Waals surface area contributed by atoms with E-state index in [1.54, 1.807) is 31.4 Å². The molecule has 0 spiro atoms. The van der Waals surface area contributed by atoms with Crippen molar-refractivity contribution in [1.82, 2.24) is 4.98 Å². The topological polar surface area (TPSA) is 83.7 Å². The zero-order chi connectivity index (χ0) is 22.1. The Morgan fingerprint density at radius 1 is 1.23 bits per heavy atom. The Kier molecular flexibility index (Phi) is 5.54. The van der Waals surface area contributed by atoms with E-state index < -0.39 is 5.97 Å². The number of nitrogens with zero attached hydrogens (tertiary/aromatic N) is 1. The summed E-state index contributed by atoms with van der Waals surface area (Å²) in [6, 6.07) is 10.0. The van der Waals surface area contributed by atoms with Crippen LogP contribution in [0.25, 0.3) is 10.9 Å². The lowest BCUT2D eigenvalue weighted by Crippen LogP contribution is -2.42. The number of hydrogen-bond acceptors (Lipinski definition) is 5. The van der Waals surface area contributed by atoms with Gasteiger partial charge in [-0.2, -0.15) is 0 Å². The van der Waals surface area contributed by atoms with Crippen LogP contribution in [0.2, 0.25) is 0 Å². The number of aromatic amines is 1. The van der Waals surface area contributed by atoms with Gasteiger partial charge in [0.1, 0.15) is 17.3 Å². The van der Waals surface area contributed by atoms with E-state index in [1.807, 2.05) is 11.8 Å². The van der Waals surface area contributed by atoms with E-state index >= 15 is 0 Å². The molecule has 0 aliphatic carbocycles. The number of aromatic nitrogens is 1. The van der Waals surface area contributed by atoms with Crippen molar-refractivity contribution in [2.75, 3.05) is 31.0 Å². The Hall–Kier alpha value is -3.55. The number of nitrogens with one attached hydrogen (secondary N) is 2. The quantitative estimate of drug-likeness (QED) is 0.606. The van der Waals surface area contributed by atoms with Gasteiger partial charge in [0.25, 0.3) is 0 Å². The monoisotopic (exact) mass is 425 g/mol. The van der Waals surface area contributed by atoms with Gasteiger partial charge in [-0.1, -0.05) is 0 Å². The van der Waals surface area contributed by atoms with Crippen LogP contribution >= 0.6 is 0 Å². The van der Waals surface area contributed by atoms with Crippen molar-refractivity contribution in [3.63, 3.8) is 0 Å². The van der Waals surface area contributed by atoms with Crippen molar-refractivity contribution in [3.05, 3.63) is 53.5 Å². The molecule has 1 atom stereocenters. The van der Waals surface area contributed by atoms with Gasteiger partial charge in [0.05, 0.1) is 32.0 Å². The van der Waals surface area contributed by atoms with Gasteiger partial charge >= 0.3 is 5.97 Å². The Morgan fingerprint density at radius 3 is 2.77 bits per heavy atom. The summed E-state index contributed by atoms with van der Waals surface area (Å²) in [5, 5.41) is 3.54. The van der Waals surface area contributed by atoms with Crippen LogP contribution < -0.4 is 15.0 Å². The van der Waals surface area contributed by atoms with Gasteiger partial charge in [0.15, 0.2) is 0 Å². The minimum Gasteiger partial charge on any atom is -0.497 e. The van der Waals surface area contributed by atoms with Gasteiger partial charge in [0, 0.05) is 23.2 Å². The van der Waals surface area contributed by atoms with Crippen molar-refractivity contribution in [2.45, 2.75) is 25.8 Å². The molecule has 7 nitrogen and oxygen atoms in total. The van der Waals surface area contributed by atoms with Crippen LogP contribution in [0.15, 0.2) is 36.4 Å². The molecule has 1 unspecified atom stereocenters. The molecule has 0 radical (unpaired) electrons. The molecule has 162 valence electrons. The third-order valence-corrected chi connectivity index (χ3v) is 5.69. The van der Waals surface area contributed by atoms with Crippen molar-refractivity contribution in [2.24, 2.45) is 0 Å². The van der Waals surface area contributed by atoms with Crippen LogP contribution in [0, 0.1) is 5.82 Å². The second-order valence-electron chi connectivity index (χ2n) is 7.61. The predicted octanol–water partition coefficient (Wildman–Crippen LogP) is 3.88. The van der Waals surface area contributed by atoms with E-state index in [1.165, 1.54) is 19.2 Å². The summed E-state index contributed by atoms with van der Waals surface area (Å²) in [7, 11) is 2.84. The van der Waals surface area contributed by atoms with Crippen molar-refractivity contribution in [1.29, 1.82) is 0 Å². The minimum atomic E-state index is -0.586. The lowest BCUT2D eigenvalue weighted by atomic mass is 9.96. The molecule has 4 rings (SSSR count). The molecule has 0 bridgehead atoms. The van der Waals surface area contributed by atoms with Gasteiger partial charge in [-0.05, 0) is 55.7 Å². The molecule has 3 aromatic rings. The van der Waals surface area contributed by atoms with E-state index in [-0.39, 0.29) is 30.0 Å². The van der Waals surface area contributed by atoms with Crippen LogP contribution in [0.4, 0.5) is 15.8 Å². The summed E-state index contributed by atoms with van der Waals surface area (Å²) >= 11 is 0. The largest absolute Gasteiger partial charge is 0.497 e. The Bertz CT molecular complexity index is 1160. The number of fused-ring (bicyclic) bond motifs is 2. The van der Waals surface area contributed by atoms with E-state index in [9.17, 15) is 14.0 Å². The number of carbonyl (C=O) groups is 2. The second-order valence-corrected chi connectivity index (χ2v) is 7.61. The molecule has 1 aromatic heterocycles. The van der Waals surface area contributed by atoms with E-state index in [4.69, 9.17) is 9.47 Å². The lowest BCUT2D eigenvalue weighted by Gasteiger charge is -2.36. The SMILES string of the molecule is COC(=O)c1[nH]c2cc(OC)ccc2c1NC(=O)CN1c2ccc(F)cc2CCC1C. The zero-order valence-corrected chi connectivity index (χ0v) is 17.6. The summed E-state index contributed by atoms with van der Waals surface area (Å²) < 4.78 is 23.7. The van der Waals surface area contributed by atoms with E-state index in [2.05, 4.69) is 10.3 Å². The van der Waals surface area contributed by atoms with Gasteiger partial charge in [0.2, 0.25) is 5.91 Å². The summed E-state index contributed by atoms with van der Waals surface area (Å²) in [5.74, 6) is -0.535. The van der Waals surface area contributed by atoms with Gasteiger partial charge in [-0.3, -0.25) is 4.79 Å². The highest BCUT2D eigenvalue weighted by molar-refractivity contribution is 6.11. The van der Waals surface area contributed by atoms with Crippen LogP contribution in [0.1, 0.15) is 29.4 Å². The number of anilines is 2. The molecular weight excluding hydrogens is 401 g/mol. The molecule has 31 heavy (non-hydrogen) atoms. The second kappa shape index (κ2) is 8.29. The average molecular weight is 425 g/mol. The van der Waals surface area contributed by atoms with Crippen molar-refractivity contribution < 1.29 is 23.5 Å². The maximum atomic E-state index is 13.6. The van der Waals surface area contributed by atoms with Crippen LogP contribution in [-0.2, 0) is 16.0 Å². The highest BCUT2D eigenvalue weighted by Gasteiger charge is 2.27. The number of carbonyl (C=O) groups excluding carboxylic acids is 2. The Morgan fingerprint density at radius 2 is 2.03 bits per heavy atom. The first-order valence-electron chi connectivity index (χ1n) is 10.0.